The van der Waals surface area contributed by atoms with Crippen LogP contribution in [0.5, 0.6) is 0 Å². The van der Waals surface area contributed by atoms with Crippen molar-refractivity contribution in [2.45, 2.75) is 200 Å². The molecule has 0 saturated carbocycles. The molecule has 0 fully saturated rings. The highest BCUT2D eigenvalue weighted by molar-refractivity contribution is 5.87. The van der Waals surface area contributed by atoms with E-state index in [4.69, 9.17) is 28.4 Å². The van der Waals surface area contributed by atoms with Crippen LogP contribution in [-0.4, -0.2) is 107 Å². The summed E-state index contributed by atoms with van der Waals surface area (Å²) in [6.45, 7) is 13.1. The van der Waals surface area contributed by atoms with Gasteiger partial charge < -0.3 is 44.4 Å². The van der Waals surface area contributed by atoms with Crippen molar-refractivity contribution in [2.75, 3.05) is 65.9 Å². The van der Waals surface area contributed by atoms with Gasteiger partial charge in [0.2, 0.25) is 11.8 Å². The lowest BCUT2D eigenvalue weighted by Gasteiger charge is -2.19. The zero-order chi connectivity index (χ0) is 44.4. The number of alkyl carbamates (subject to hydrolysis) is 1. The molecule has 3 amide bonds. The molecular weight excluding hydrogens is 771 g/mol. The molecule has 0 radical (unpaired) electrons. The Bertz CT molecular complexity index is 1070. The Balaban J connectivity index is 4.37. The second-order valence-electron chi connectivity index (χ2n) is 16.5. The summed E-state index contributed by atoms with van der Waals surface area (Å²) in [7, 11) is 0. The van der Waals surface area contributed by atoms with Crippen LogP contribution in [0.15, 0.2) is 0 Å². The summed E-state index contributed by atoms with van der Waals surface area (Å²) >= 11 is 0. The second kappa shape index (κ2) is 41.4. The average molecular weight is 858 g/mol. The van der Waals surface area contributed by atoms with Gasteiger partial charge in [0, 0.05) is 32.4 Å². The van der Waals surface area contributed by atoms with Crippen LogP contribution in [0.2, 0.25) is 0 Å². The van der Waals surface area contributed by atoms with Crippen LogP contribution >= 0.6 is 0 Å². The number of carbonyl (C=O) groups excluding carboxylic acids is 5. The van der Waals surface area contributed by atoms with Gasteiger partial charge in [-0.15, -0.1) is 0 Å². The molecule has 0 spiro atoms. The Morgan fingerprint density at radius 3 is 1.37 bits per heavy atom. The van der Waals surface area contributed by atoms with E-state index in [0.717, 1.165) is 38.5 Å². The highest BCUT2D eigenvalue weighted by Crippen LogP contribution is 2.13. The summed E-state index contributed by atoms with van der Waals surface area (Å²) in [6, 6.07) is -1.00. The molecule has 0 aliphatic rings. The smallest absolute Gasteiger partial charge is 0.407 e. The maximum absolute atomic E-state index is 13.0. The largest absolute Gasteiger partial charge is 0.466 e. The zero-order valence-electron chi connectivity index (χ0n) is 38.6. The zero-order valence-corrected chi connectivity index (χ0v) is 38.6. The van der Waals surface area contributed by atoms with Crippen LogP contribution in [0.25, 0.3) is 0 Å². The van der Waals surface area contributed by atoms with E-state index < -0.39 is 35.6 Å². The van der Waals surface area contributed by atoms with E-state index in [1.165, 1.54) is 89.9 Å². The lowest BCUT2D eigenvalue weighted by atomic mass is 10.1. The summed E-state index contributed by atoms with van der Waals surface area (Å²) < 4.78 is 32.4. The first-order chi connectivity index (χ1) is 29.0. The normalized spacial score (nSPS) is 11.8. The van der Waals surface area contributed by atoms with Gasteiger partial charge in [-0.3, -0.25) is 14.4 Å². The van der Waals surface area contributed by atoms with Gasteiger partial charge in [0.15, 0.2) is 0 Å². The molecule has 14 heteroatoms. The third kappa shape index (κ3) is 41.8. The van der Waals surface area contributed by atoms with Gasteiger partial charge in [-0.2, -0.15) is 0 Å². The standard InChI is InChI=1S/C46H87N3O11/c1-6-8-10-12-14-16-18-20-22-24-32-58-43(52)29-26-40(44(53)59-33-25-23-21-19-17-15-13-11-9-7-2)49-42(51)28-27-41(50)47-30-34-55-36-38-57-39-37-56-35-31-48-45(54)60-46(3,4)5/h40H,6-39H2,1-5H3,(H,47,50)(H,48,54)(H,49,51)/t40-/m1/s1. The number of esters is 2. The summed E-state index contributed by atoms with van der Waals surface area (Å²) in [5.74, 6) is -1.77. The van der Waals surface area contributed by atoms with E-state index >= 15 is 0 Å². The van der Waals surface area contributed by atoms with Crippen molar-refractivity contribution in [3.8, 4) is 0 Å². The highest BCUT2D eigenvalue weighted by Gasteiger charge is 2.24. The molecule has 0 aliphatic heterocycles. The first kappa shape index (κ1) is 57.0. The molecule has 0 aromatic heterocycles. The number of ether oxygens (including phenoxy) is 6. The van der Waals surface area contributed by atoms with Gasteiger partial charge in [-0.25, -0.2) is 9.59 Å². The van der Waals surface area contributed by atoms with Crippen molar-refractivity contribution < 1.29 is 52.4 Å². The Kier molecular flexibility index (Phi) is 39.3. The summed E-state index contributed by atoms with van der Waals surface area (Å²) in [5.41, 5.74) is -0.548. The van der Waals surface area contributed by atoms with E-state index in [-0.39, 0.29) is 51.3 Å². The number of nitrogens with one attached hydrogen (secondary N) is 3. The van der Waals surface area contributed by atoms with E-state index in [9.17, 15) is 24.0 Å². The van der Waals surface area contributed by atoms with Crippen LogP contribution in [-0.2, 0) is 47.6 Å². The summed E-state index contributed by atoms with van der Waals surface area (Å²) in [4.78, 5) is 62.3. The summed E-state index contributed by atoms with van der Waals surface area (Å²) in [5, 5.41) is 8.02. The van der Waals surface area contributed by atoms with Gasteiger partial charge in [-0.05, 0) is 40.0 Å². The molecule has 0 heterocycles. The maximum Gasteiger partial charge on any atom is 0.407 e. The Morgan fingerprint density at radius 1 is 0.467 bits per heavy atom. The number of hydrogen-bond acceptors (Lipinski definition) is 11. The minimum atomic E-state index is -1.00. The van der Waals surface area contributed by atoms with Crippen LogP contribution < -0.4 is 16.0 Å². The van der Waals surface area contributed by atoms with Gasteiger partial charge in [0.25, 0.3) is 0 Å². The summed E-state index contributed by atoms with van der Waals surface area (Å²) in [6.07, 6.45) is 22.9. The van der Waals surface area contributed by atoms with Crippen LogP contribution in [0.3, 0.4) is 0 Å². The predicted octanol–water partition coefficient (Wildman–Crippen LogP) is 8.65. The molecule has 0 aromatic rings. The molecule has 0 saturated heterocycles. The van der Waals surface area contributed by atoms with Gasteiger partial charge >= 0.3 is 18.0 Å². The third-order valence-electron chi connectivity index (χ3n) is 9.57. The number of carbonyl (C=O) groups is 5. The molecule has 0 unspecified atom stereocenters. The first-order valence-corrected chi connectivity index (χ1v) is 23.6. The molecule has 3 N–H and O–H groups in total. The molecule has 0 aromatic carbocycles. The topological polar surface area (TPSA) is 177 Å². The first-order valence-electron chi connectivity index (χ1n) is 23.6. The Labute approximate surface area is 363 Å². The highest BCUT2D eigenvalue weighted by atomic mass is 16.6. The molecule has 0 bridgehead atoms. The number of amides is 3. The van der Waals surface area contributed by atoms with Crippen molar-refractivity contribution in [1.29, 1.82) is 0 Å². The predicted molar refractivity (Wildman–Crippen MR) is 236 cm³/mol. The fourth-order valence-electron chi connectivity index (χ4n) is 6.15. The van der Waals surface area contributed by atoms with Crippen LogP contribution in [0, 0.1) is 0 Å². The Hall–Kier alpha value is -2.97. The fraction of sp³-hybridized carbons (Fsp3) is 0.891. The van der Waals surface area contributed by atoms with E-state index in [1.807, 2.05) is 0 Å². The maximum atomic E-state index is 13.0. The Morgan fingerprint density at radius 2 is 0.883 bits per heavy atom. The number of rotatable bonds is 42. The molecule has 60 heavy (non-hydrogen) atoms. The SMILES string of the molecule is CCCCCCCCCCCCOC(=O)CC[C@@H](NC(=O)CCC(=O)NCCOCCOCCOCCNC(=O)OC(C)(C)C)C(=O)OCCCCCCCCCCCC. The lowest BCUT2D eigenvalue weighted by molar-refractivity contribution is -0.149. The van der Waals surface area contributed by atoms with E-state index in [2.05, 4.69) is 29.8 Å². The molecule has 1 atom stereocenters. The number of unbranched alkanes of at least 4 members (excludes halogenated alkanes) is 18. The van der Waals surface area contributed by atoms with Crippen LogP contribution in [0.1, 0.15) is 189 Å². The lowest BCUT2D eigenvalue weighted by Crippen LogP contribution is -2.42. The van der Waals surface area contributed by atoms with Crippen molar-refractivity contribution >= 4 is 29.8 Å². The van der Waals surface area contributed by atoms with Gasteiger partial charge in [-0.1, -0.05) is 129 Å². The van der Waals surface area contributed by atoms with Crippen molar-refractivity contribution in [1.82, 2.24) is 16.0 Å². The van der Waals surface area contributed by atoms with Crippen molar-refractivity contribution in [2.24, 2.45) is 0 Å². The van der Waals surface area contributed by atoms with Crippen molar-refractivity contribution in [3.63, 3.8) is 0 Å². The van der Waals surface area contributed by atoms with Crippen LogP contribution in [0.4, 0.5) is 4.79 Å². The van der Waals surface area contributed by atoms with E-state index in [0.29, 0.717) is 46.2 Å². The fourth-order valence-corrected chi connectivity index (χ4v) is 6.15. The quantitative estimate of drug-likeness (QED) is 0.0304. The molecule has 0 aliphatic carbocycles. The molecule has 352 valence electrons. The third-order valence-corrected chi connectivity index (χ3v) is 9.57. The molecular formula is C46H87N3O11. The second-order valence-corrected chi connectivity index (χ2v) is 16.5. The monoisotopic (exact) mass is 858 g/mol. The van der Waals surface area contributed by atoms with E-state index in [1.54, 1.807) is 20.8 Å². The minimum Gasteiger partial charge on any atom is -0.466 e. The van der Waals surface area contributed by atoms with Crippen molar-refractivity contribution in [3.05, 3.63) is 0 Å². The average Bonchev–Trinajstić information content (AvgIpc) is 3.20. The number of hydrogen-bond donors (Lipinski definition) is 3. The van der Waals surface area contributed by atoms with Gasteiger partial charge in [0.1, 0.15) is 11.6 Å². The van der Waals surface area contributed by atoms with Gasteiger partial charge in [0.05, 0.1) is 52.9 Å². The molecule has 14 nitrogen and oxygen atoms in total. The minimum absolute atomic E-state index is 0.0234. The molecule has 0 rings (SSSR count).